The maximum Gasteiger partial charge on any atom is 0.262 e. The third-order valence-electron chi connectivity index (χ3n) is 4.27. The Morgan fingerprint density at radius 1 is 1.30 bits per heavy atom. The van der Waals surface area contributed by atoms with E-state index in [9.17, 15) is 4.79 Å². The maximum absolute atomic E-state index is 12.7. The number of ether oxygens (including phenoxy) is 1. The van der Waals surface area contributed by atoms with Crippen LogP contribution in [0.2, 0.25) is 0 Å². The molecule has 1 heterocycles. The van der Waals surface area contributed by atoms with E-state index in [1.54, 1.807) is 0 Å². The summed E-state index contributed by atoms with van der Waals surface area (Å²) in [5.74, 6) is 0.828. The van der Waals surface area contributed by atoms with Gasteiger partial charge in [0.1, 0.15) is 5.75 Å². The van der Waals surface area contributed by atoms with Crippen molar-refractivity contribution in [3.05, 3.63) is 29.8 Å². The minimum Gasteiger partial charge on any atom is -0.479 e. The van der Waals surface area contributed by atoms with E-state index in [1.807, 2.05) is 32.0 Å². The van der Waals surface area contributed by atoms with Crippen LogP contribution in [0.5, 0.6) is 5.75 Å². The van der Waals surface area contributed by atoms with Gasteiger partial charge >= 0.3 is 0 Å². The normalized spacial score (nSPS) is 20.5. The lowest BCUT2D eigenvalue weighted by molar-refractivity contribution is -0.133. The predicted molar refractivity (Wildman–Crippen MR) is 93.8 cm³/mol. The van der Waals surface area contributed by atoms with E-state index in [1.165, 1.54) is 5.56 Å². The van der Waals surface area contributed by atoms with Crippen molar-refractivity contribution in [1.82, 2.24) is 10.2 Å². The molecule has 1 aliphatic rings. The molecule has 0 bridgehead atoms. The van der Waals surface area contributed by atoms with Crippen molar-refractivity contribution < 1.29 is 9.53 Å². The molecule has 0 radical (unpaired) electrons. The molecule has 4 nitrogen and oxygen atoms in total. The number of carbonyl (C=O) groups is 1. The number of hydrogen-bond acceptors (Lipinski definition) is 3. The second-order valence-electron chi connectivity index (χ2n) is 6.91. The van der Waals surface area contributed by atoms with Crippen molar-refractivity contribution in [3.8, 4) is 5.75 Å². The lowest BCUT2D eigenvalue weighted by Gasteiger charge is -2.42. The molecule has 0 aliphatic carbocycles. The van der Waals surface area contributed by atoms with Crippen LogP contribution in [-0.2, 0) is 11.2 Å². The van der Waals surface area contributed by atoms with Crippen molar-refractivity contribution in [2.24, 2.45) is 0 Å². The molecule has 0 saturated carbocycles. The van der Waals surface area contributed by atoms with Crippen LogP contribution < -0.4 is 10.1 Å². The average molecular weight is 318 g/mol. The van der Waals surface area contributed by atoms with Gasteiger partial charge in [-0.25, -0.2) is 0 Å². The molecular formula is C19H30N2O2. The van der Waals surface area contributed by atoms with E-state index in [0.717, 1.165) is 25.1 Å². The minimum atomic E-state index is -0.457. The Labute approximate surface area is 140 Å². The summed E-state index contributed by atoms with van der Waals surface area (Å²) in [5.41, 5.74) is 1.19. The van der Waals surface area contributed by atoms with Gasteiger partial charge in [0.2, 0.25) is 0 Å². The molecule has 2 rings (SSSR count). The van der Waals surface area contributed by atoms with Crippen LogP contribution in [0.4, 0.5) is 0 Å². The summed E-state index contributed by atoms with van der Waals surface area (Å²) in [6.45, 7) is 11.5. The largest absolute Gasteiger partial charge is 0.479 e. The van der Waals surface area contributed by atoms with Crippen molar-refractivity contribution in [1.29, 1.82) is 0 Å². The lowest BCUT2D eigenvalue weighted by atomic mass is 9.93. The summed E-state index contributed by atoms with van der Waals surface area (Å²) >= 11 is 0. The van der Waals surface area contributed by atoms with E-state index < -0.39 is 6.10 Å². The standard InChI is InChI=1S/C19H30N2O2/c1-6-11-21(14(4)5)16-12-15-9-7-8-10-17(15)23-18(16)19(22)20-13(2)3/h7-10,13-14,16,18H,6,11-12H2,1-5H3,(H,20,22)/t16?,18-/m0/s1. The average Bonchev–Trinajstić information content (AvgIpc) is 2.50. The van der Waals surface area contributed by atoms with Gasteiger partial charge in [0, 0.05) is 12.1 Å². The van der Waals surface area contributed by atoms with Gasteiger partial charge < -0.3 is 10.1 Å². The van der Waals surface area contributed by atoms with Crippen LogP contribution in [0.3, 0.4) is 0 Å². The number of amides is 1. The fourth-order valence-electron chi connectivity index (χ4n) is 3.29. The Bertz CT molecular complexity index is 528. The van der Waals surface area contributed by atoms with Gasteiger partial charge in [0.25, 0.3) is 5.91 Å². The first-order valence-electron chi connectivity index (χ1n) is 8.74. The fourth-order valence-corrected chi connectivity index (χ4v) is 3.29. The van der Waals surface area contributed by atoms with Gasteiger partial charge in [-0.15, -0.1) is 0 Å². The molecule has 4 heteroatoms. The highest BCUT2D eigenvalue weighted by atomic mass is 16.5. The van der Waals surface area contributed by atoms with E-state index >= 15 is 0 Å². The van der Waals surface area contributed by atoms with Gasteiger partial charge in [-0.05, 0) is 58.7 Å². The molecule has 23 heavy (non-hydrogen) atoms. The first-order valence-corrected chi connectivity index (χ1v) is 8.74. The molecule has 1 aromatic rings. The van der Waals surface area contributed by atoms with Gasteiger partial charge in [-0.2, -0.15) is 0 Å². The number of benzene rings is 1. The number of para-hydroxylation sites is 1. The second-order valence-corrected chi connectivity index (χ2v) is 6.91. The number of hydrogen-bond donors (Lipinski definition) is 1. The van der Waals surface area contributed by atoms with Gasteiger partial charge in [-0.1, -0.05) is 25.1 Å². The molecule has 1 unspecified atom stereocenters. The van der Waals surface area contributed by atoms with Crippen LogP contribution in [0.1, 0.15) is 46.6 Å². The zero-order valence-corrected chi connectivity index (χ0v) is 15.0. The molecule has 1 aliphatic heterocycles. The Morgan fingerprint density at radius 2 is 2.00 bits per heavy atom. The predicted octanol–water partition coefficient (Wildman–Crippen LogP) is 3.00. The molecule has 1 aromatic carbocycles. The summed E-state index contributed by atoms with van der Waals surface area (Å²) in [5, 5.41) is 3.02. The number of fused-ring (bicyclic) bond motifs is 1. The summed E-state index contributed by atoms with van der Waals surface area (Å²) in [6.07, 6.45) is 1.46. The molecule has 1 amide bonds. The highest BCUT2D eigenvalue weighted by Gasteiger charge is 2.39. The number of carbonyl (C=O) groups excluding carboxylic acids is 1. The maximum atomic E-state index is 12.7. The number of nitrogens with zero attached hydrogens (tertiary/aromatic N) is 1. The van der Waals surface area contributed by atoms with Crippen LogP contribution in [-0.4, -0.2) is 41.6 Å². The van der Waals surface area contributed by atoms with Crippen molar-refractivity contribution in [2.45, 2.75) is 71.7 Å². The molecule has 2 atom stereocenters. The monoisotopic (exact) mass is 318 g/mol. The Hall–Kier alpha value is -1.55. The molecule has 0 fully saturated rings. The summed E-state index contributed by atoms with van der Waals surface area (Å²) in [4.78, 5) is 15.1. The highest BCUT2D eigenvalue weighted by Crippen LogP contribution is 2.31. The topological polar surface area (TPSA) is 41.6 Å². The quantitative estimate of drug-likeness (QED) is 0.876. The van der Waals surface area contributed by atoms with E-state index in [-0.39, 0.29) is 18.0 Å². The summed E-state index contributed by atoms with van der Waals surface area (Å²) < 4.78 is 6.13. The third kappa shape index (κ3) is 4.25. The first kappa shape index (κ1) is 17.8. The van der Waals surface area contributed by atoms with Crippen LogP contribution >= 0.6 is 0 Å². The molecule has 0 spiro atoms. The van der Waals surface area contributed by atoms with Gasteiger partial charge in [0.15, 0.2) is 6.10 Å². The second kappa shape index (κ2) is 7.82. The first-order chi connectivity index (χ1) is 10.9. The minimum absolute atomic E-state index is 0.0127. The van der Waals surface area contributed by atoms with Crippen molar-refractivity contribution >= 4 is 5.91 Å². The molecular weight excluding hydrogens is 288 g/mol. The molecule has 1 N–H and O–H groups in total. The summed E-state index contributed by atoms with van der Waals surface area (Å²) in [6, 6.07) is 8.62. The van der Waals surface area contributed by atoms with E-state index in [2.05, 4.69) is 37.1 Å². The van der Waals surface area contributed by atoms with E-state index in [0.29, 0.717) is 6.04 Å². The van der Waals surface area contributed by atoms with Crippen LogP contribution in [0, 0.1) is 0 Å². The zero-order valence-electron chi connectivity index (χ0n) is 15.0. The smallest absolute Gasteiger partial charge is 0.262 e. The highest BCUT2D eigenvalue weighted by molar-refractivity contribution is 5.82. The molecule has 0 saturated heterocycles. The Kier molecular flexibility index (Phi) is 6.05. The fraction of sp³-hybridized carbons (Fsp3) is 0.632. The number of nitrogens with one attached hydrogen (secondary N) is 1. The van der Waals surface area contributed by atoms with E-state index in [4.69, 9.17) is 4.74 Å². The van der Waals surface area contributed by atoms with Crippen molar-refractivity contribution in [2.75, 3.05) is 6.54 Å². The van der Waals surface area contributed by atoms with Crippen molar-refractivity contribution in [3.63, 3.8) is 0 Å². The summed E-state index contributed by atoms with van der Waals surface area (Å²) in [7, 11) is 0. The van der Waals surface area contributed by atoms with Crippen LogP contribution in [0.25, 0.3) is 0 Å². The Balaban J connectivity index is 2.32. The van der Waals surface area contributed by atoms with Gasteiger partial charge in [0.05, 0.1) is 6.04 Å². The Morgan fingerprint density at radius 3 is 2.61 bits per heavy atom. The number of rotatable bonds is 6. The molecule has 0 aromatic heterocycles. The third-order valence-corrected chi connectivity index (χ3v) is 4.27. The van der Waals surface area contributed by atoms with Gasteiger partial charge in [-0.3, -0.25) is 9.69 Å². The zero-order chi connectivity index (χ0) is 17.0. The van der Waals surface area contributed by atoms with Crippen LogP contribution in [0.15, 0.2) is 24.3 Å². The lowest BCUT2D eigenvalue weighted by Crippen LogP contribution is -2.58. The SMILES string of the molecule is CCCN(C(C)C)C1Cc2ccccc2O[C@@H]1C(=O)NC(C)C. The molecule has 128 valence electrons.